The fraction of sp³-hybridized carbons (Fsp3) is 0.233. The minimum absolute atomic E-state index is 0.124. The predicted octanol–water partition coefficient (Wildman–Crippen LogP) is 5.75. The molecule has 1 aromatic heterocycles. The van der Waals surface area contributed by atoms with Crippen molar-refractivity contribution in [3.63, 3.8) is 0 Å². The van der Waals surface area contributed by atoms with Crippen LogP contribution < -0.4 is 10.2 Å². The molecule has 0 bridgehead atoms. The van der Waals surface area contributed by atoms with E-state index in [1.807, 2.05) is 24.3 Å². The third-order valence-electron chi connectivity index (χ3n) is 6.54. The van der Waals surface area contributed by atoms with Gasteiger partial charge in [0.2, 0.25) is 0 Å². The van der Waals surface area contributed by atoms with Crippen LogP contribution in [0.15, 0.2) is 77.9 Å². The van der Waals surface area contributed by atoms with E-state index in [0.717, 1.165) is 15.9 Å². The molecule has 1 fully saturated rings. The molecule has 0 atom stereocenters. The summed E-state index contributed by atoms with van der Waals surface area (Å²) in [6, 6.07) is 21.0. The molecule has 2 amide bonds. The van der Waals surface area contributed by atoms with Gasteiger partial charge in [0.1, 0.15) is 5.75 Å². The third kappa shape index (κ3) is 6.21. The number of thiazole rings is 1. The molecule has 1 aliphatic rings. The molecule has 40 heavy (non-hydrogen) atoms. The Hall–Kier alpha value is -4.08. The second-order valence-electron chi connectivity index (χ2n) is 9.87. The van der Waals surface area contributed by atoms with Crippen LogP contribution >= 0.6 is 22.9 Å². The summed E-state index contributed by atoms with van der Waals surface area (Å²) >= 11 is 7.23. The number of ketones is 1. The summed E-state index contributed by atoms with van der Waals surface area (Å²) in [7, 11) is 0. The lowest BCUT2D eigenvalue weighted by Crippen LogP contribution is -2.51. The van der Waals surface area contributed by atoms with Crippen molar-refractivity contribution < 1.29 is 19.1 Å². The highest BCUT2D eigenvalue weighted by atomic mass is 35.5. The van der Waals surface area contributed by atoms with E-state index >= 15 is 0 Å². The average Bonchev–Trinajstić information content (AvgIpc) is 3.41. The van der Waals surface area contributed by atoms with Gasteiger partial charge in [0, 0.05) is 47.8 Å². The van der Waals surface area contributed by atoms with Crippen LogP contribution in [0.2, 0.25) is 5.02 Å². The minimum Gasteiger partial charge on any atom is -0.478 e. The molecule has 204 valence electrons. The van der Waals surface area contributed by atoms with Crippen LogP contribution in [0.5, 0.6) is 5.75 Å². The average molecular weight is 575 g/mol. The molecule has 1 saturated heterocycles. The van der Waals surface area contributed by atoms with Gasteiger partial charge in [-0.05, 0) is 74.5 Å². The van der Waals surface area contributed by atoms with Crippen molar-refractivity contribution in [2.24, 2.45) is 5.10 Å². The van der Waals surface area contributed by atoms with Gasteiger partial charge in [0.15, 0.2) is 16.4 Å². The number of carbonyl (C=O) groups excluding carboxylic acids is 3. The van der Waals surface area contributed by atoms with Gasteiger partial charge >= 0.3 is 0 Å². The molecular formula is C30H27ClN4O4S. The highest BCUT2D eigenvalue weighted by Gasteiger charge is 2.35. The smallest absolute Gasteiger partial charge is 0.300 e. The van der Waals surface area contributed by atoms with Crippen molar-refractivity contribution in [3.8, 4) is 5.75 Å². The number of hydrazone groups is 1. The van der Waals surface area contributed by atoms with Gasteiger partial charge in [-0.1, -0.05) is 23.7 Å². The normalized spacial score (nSPS) is 13.7. The molecule has 10 heteroatoms. The number of piperidine rings is 1. The zero-order valence-electron chi connectivity index (χ0n) is 22.0. The summed E-state index contributed by atoms with van der Waals surface area (Å²) in [5.41, 5.74) is 4.14. The van der Waals surface area contributed by atoms with Crippen LogP contribution in [0, 0.1) is 0 Å². The number of hydrogen-bond donors (Lipinski definition) is 1. The first-order valence-electron chi connectivity index (χ1n) is 12.8. The molecular weight excluding hydrogens is 548 g/mol. The topological polar surface area (TPSA) is 101 Å². The Labute approximate surface area is 240 Å². The second kappa shape index (κ2) is 11.6. The molecule has 8 nitrogen and oxygen atoms in total. The number of rotatable bonds is 7. The lowest BCUT2D eigenvalue weighted by Gasteiger charge is -2.34. The highest BCUT2D eigenvalue weighted by molar-refractivity contribution is 7.20. The van der Waals surface area contributed by atoms with E-state index in [0.29, 0.717) is 52.8 Å². The van der Waals surface area contributed by atoms with Crippen LogP contribution in [0.3, 0.4) is 0 Å². The summed E-state index contributed by atoms with van der Waals surface area (Å²) < 4.78 is 6.98. The monoisotopic (exact) mass is 574 g/mol. The van der Waals surface area contributed by atoms with E-state index < -0.39 is 5.60 Å². The lowest BCUT2D eigenvalue weighted by atomic mass is 10.0. The van der Waals surface area contributed by atoms with E-state index in [1.54, 1.807) is 67.3 Å². The van der Waals surface area contributed by atoms with Crippen LogP contribution in [0.1, 0.15) is 52.4 Å². The fourth-order valence-corrected chi connectivity index (χ4v) is 5.37. The number of carbonyl (C=O) groups is 3. The Morgan fingerprint density at radius 3 is 2.23 bits per heavy atom. The number of halogens is 1. The molecule has 4 aromatic rings. The first kappa shape index (κ1) is 27.5. The number of benzene rings is 3. The van der Waals surface area contributed by atoms with Gasteiger partial charge in [0.25, 0.3) is 11.8 Å². The largest absolute Gasteiger partial charge is 0.478 e. The van der Waals surface area contributed by atoms with Crippen molar-refractivity contribution in [2.75, 3.05) is 13.1 Å². The number of fused-ring (bicyclic) bond motifs is 1. The Kier molecular flexibility index (Phi) is 7.95. The van der Waals surface area contributed by atoms with Crippen molar-refractivity contribution in [1.82, 2.24) is 15.3 Å². The standard InChI is InChI=1S/C30H27ClN4O4S/c1-30(2,39-23-13-9-20(10-14-23)26(36)19-7-11-21(31)12-8-19)29(38)35-17-15-22(16-18-35)33-34-27(37)28-32-24-5-3-4-6-25(24)40-28/h3-14H,15-18H2,1-2H3,(H,34,37). The minimum atomic E-state index is -1.11. The first-order chi connectivity index (χ1) is 19.2. The predicted molar refractivity (Wildman–Crippen MR) is 156 cm³/mol. The fourth-order valence-electron chi connectivity index (χ4n) is 4.39. The van der Waals surface area contributed by atoms with Gasteiger partial charge in [-0.2, -0.15) is 5.10 Å². The quantitative estimate of drug-likeness (QED) is 0.224. The molecule has 0 radical (unpaired) electrons. The number of ether oxygens (including phenoxy) is 1. The number of nitrogens with zero attached hydrogens (tertiary/aromatic N) is 3. The molecule has 5 rings (SSSR count). The summed E-state index contributed by atoms with van der Waals surface area (Å²) in [6.45, 7) is 4.39. The molecule has 0 saturated carbocycles. The number of amides is 2. The first-order valence-corrected chi connectivity index (χ1v) is 14.0. The molecule has 0 aliphatic carbocycles. The number of aromatic nitrogens is 1. The summed E-state index contributed by atoms with van der Waals surface area (Å²) in [4.78, 5) is 44.6. The van der Waals surface area contributed by atoms with Gasteiger partial charge in [-0.3, -0.25) is 14.4 Å². The van der Waals surface area contributed by atoms with Crippen molar-refractivity contribution in [3.05, 3.63) is 94.0 Å². The van der Waals surface area contributed by atoms with Crippen molar-refractivity contribution in [1.29, 1.82) is 0 Å². The summed E-state index contributed by atoms with van der Waals surface area (Å²) in [5, 5.41) is 5.21. The van der Waals surface area contributed by atoms with Crippen LogP contribution in [-0.2, 0) is 4.79 Å². The Morgan fingerprint density at radius 2 is 1.57 bits per heavy atom. The van der Waals surface area contributed by atoms with Crippen LogP contribution in [0.4, 0.5) is 0 Å². The summed E-state index contributed by atoms with van der Waals surface area (Å²) in [5.74, 6) is -0.127. The number of likely N-dealkylation sites (tertiary alicyclic amines) is 1. The Balaban J connectivity index is 1.14. The molecule has 0 unspecified atom stereocenters. The third-order valence-corrected chi connectivity index (χ3v) is 7.83. The second-order valence-corrected chi connectivity index (χ2v) is 11.3. The van der Waals surface area contributed by atoms with E-state index in [-0.39, 0.29) is 17.6 Å². The van der Waals surface area contributed by atoms with Gasteiger partial charge in [-0.25, -0.2) is 10.4 Å². The molecule has 2 heterocycles. The van der Waals surface area contributed by atoms with Crippen LogP contribution in [-0.4, -0.2) is 51.9 Å². The lowest BCUT2D eigenvalue weighted by molar-refractivity contribution is -0.145. The van der Waals surface area contributed by atoms with Crippen molar-refractivity contribution >= 4 is 56.5 Å². The van der Waals surface area contributed by atoms with Gasteiger partial charge < -0.3 is 9.64 Å². The zero-order valence-corrected chi connectivity index (χ0v) is 23.6. The number of hydrogen-bond acceptors (Lipinski definition) is 7. The molecule has 1 aliphatic heterocycles. The van der Waals surface area contributed by atoms with Crippen LogP contribution in [0.25, 0.3) is 10.2 Å². The Bertz CT molecular complexity index is 1550. The summed E-state index contributed by atoms with van der Waals surface area (Å²) in [6.07, 6.45) is 1.09. The Morgan fingerprint density at radius 1 is 0.950 bits per heavy atom. The van der Waals surface area contributed by atoms with E-state index in [9.17, 15) is 14.4 Å². The molecule has 3 aromatic carbocycles. The maximum absolute atomic E-state index is 13.3. The highest BCUT2D eigenvalue weighted by Crippen LogP contribution is 2.24. The van der Waals surface area contributed by atoms with Gasteiger partial charge in [0.05, 0.1) is 10.2 Å². The zero-order chi connectivity index (χ0) is 28.3. The number of nitrogens with one attached hydrogen (secondary N) is 1. The van der Waals surface area contributed by atoms with E-state index in [4.69, 9.17) is 16.3 Å². The number of para-hydroxylation sites is 1. The van der Waals surface area contributed by atoms with E-state index in [2.05, 4.69) is 15.5 Å². The maximum Gasteiger partial charge on any atom is 0.300 e. The molecule has 1 N–H and O–H groups in total. The van der Waals surface area contributed by atoms with Gasteiger partial charge in [-0.15, -0.1) is 11.3 Å². The molecule has 0 spiro atoms. The van der Waals surface area contributed by atoms with Crippen molar-refractivity contribution in [2.45, 2.75) is 32.3 Å². The maximum atomic E-state index is 13.3. The SMILES string of the molecule is CC(C)(Oc1ccc(C(=O)c2ccc(Cl)cc2)cc1)C(=O)N1CCC(=NNC(=O)c2nc3ccccc3s2)CC1. The van der Waals surface area contributed by atoms with E-state index in [1.165, 1.54) is 11.3 Å².